The number of carbonyl (C=O) groups excluding carboxylic acids is 1. The molecule has 0 bridgehead atoms. The maximum Gasteiger partial charge on any atom is 0.237 e. The van der Waals surface area contributed by atoms with E-state index in [1.54, 1.807) is 0 Å². The fourth-order valence-corrected chi connectivity index (χ4v) is 2.54. The van der Waals surface area contributed by atoms with E-state index in [0.717, 1.165) is 52.0 Å². The van der Waals surface area contributed by atoms with Crippen LogP contribution < -0.4 is 10.6 Å². The molecule has 17 heavy (non-hydrogen) atoms. The van der Waals surface area contributed by atoms with Crippen LogP contribution in [0.1, 0.15) is 39.0 Å². The van der Waals surface area contributed by atoms with Gasteiger partial charge < -0.3 is 15.4 Å². The minimum absolute atomic E-state index is 0.0344. The third-order valence-electron chi connectivity index (χ3n) is 4.02. The molecule has 0 aromatic rings. The van der Waals surface area contributed by atoms with E-state index >= 15 is 0 Å². The maximum atomic E-state index is 12.0. The summed E-state index contributed by atoms with van der Waals surface area (Å²) in [5.41, 5.74) is 0.225. The third kappa shape index (κ3) is 3.68. The van der Waals surface area contributed by atoms with Gasteiger partial charge in [0.15, 0.2) is 0 Å². The van der Waals surface area contributed by atoms with Crippen molar-refractivity contribution in [3.63, 3.8) is 0 Å². The van der Waals surface area contributed by atoms with Crippen molar-refractivity contribution in [2.45, 2.75) is 45.1 Å². The van der Waals surface area contributed by atoms with Crippen LogP contribution in [0.4, 0.5) is 0 Å². The van der Waals surface area contributed by atoms with Crippen LogP contribution in [0, 0.1) is 5.41 Å². The molecule has 2 heterocycles. The Morgan fingerprint density at radius 1 is 1.41 bits per heavy atom. The largest absolute Gasteiger partial charge is 0.381 e. The molecule has 2 aliphatic rings. The van der Waals surface area contributed by atoms with E-state index < -0.39 is 0 Å². The zero-order valence-electron chi connectivity index (χ0n) is 10.8. The Morgan fingerprint density at radius 2 is 2.18 bits per heavy atom. The number of ether oxygens (including phenoxy) is 1. The Balaban J connectivity index is 1.74. The number of hydrogen-bond donors (Lipinski definition) is 2. The first-order valence-electron chi connectivity index (χ1n) is 6.78. The smallest absolute Gasteiger partial charge is 0.237 e. The fourth-order valence-electron chi connectivity index (χ4n) is 2.54. The quantitative estimate of drug-likeness (QED) is 0.775. The molecule has 0 aliphatic carbocycles. The lowest BCUT2D eigenvalue weighted by Gasteiger charge is -2.34. The molecular weight excluding hydrogens is 216 g/mol. The van der Waals surface area contributed by atoms with E-state index in [1.807, 2.05) is 0 Å². The normalized spacial score (nSPS) is 28.6. The first kappa shape index (κ1) is 12.8. The lowest BCUT2D eigenvalue weighted by atomic mass is 9.82. The molecule has 0 saturated carbocycles. The van der Waals surface area contributed by atoms with Crippen LogP contribution in [0.15, 0.2) is 0 Å². The second-order valence-electron chi connectivity index (χ2n) is 5.64. The topological polar surface area (TPSA) is 50.4 Å². The molecule has 4 heteroatoms. The lowest BCUT2D eigenvalue weighted by Crippen LogP contribution is -2.49. The van der Waals surface area contributed by atoms with E-state index in [9.17, 15) is 4.79 Å². The molecule has 98 valence electrons. The number of rotatable bonds is 3. The Bertz CT molecular complexity index is 256. The molecule has 1 amide bonds. The SMILES string of the molecule is CC1(CNC(=O)[C@H]2CCCCN2)CCOCC1. The van der Waals surface area contributed by atoms with Gasteiger partial charge in [0.2, 0.25) is 5.91 Å². The van der Waals surface area contributed by atoms with Gasteiger partial charge in [-0.3, -0.25) is 4.79 Å². The zero-order valence-corrected chi connectivity index (χ0v) is 10.8. The van der Waals surface area contributed by atoms with Crippen LogP contribution in [0.3, 0.4) is 0 Å². The van der Waals surface area contributed by atoms with Gasteiger partial charge in [0, 0.05) is 19.8 Å². The minimum atomic E-state index is 0.0344. The van der Waals surface area contributed by atoms with Crippen molar-refractivity contribution in [2.24, 2.45) is 5.41 Å². The van der Waals surface area contributed by atoms with Gasteiger partial charge in [-0.1, -0.05) is 13.3 Å². The van der Waals surface area contributed by atoms with Crippen molar-refractivity contribution in [1.82, 2.24) is 10.6 Å². The minimum Gasteiger partial charge on any atom is -0.381 e. The summed E-state index contributed by atoms with van der Waals surface area (Å²) in [6, 6.07) is 0.0344. The van der Waals surface area contributed by atoms with Gasteiger partial charge in [0.05, 0.1) is 6.04 Å². The van der Waals surface area contributed by atoms with Crippen molar-refractivity contribution in [1.29, 1.82) is 0 Å². The summed E-state index contributed by atoms with van der Waals surface area (Å²) in [5, 5.41) is 6.39. The van der Waals surface area contributed by atoms with Crippen LogP contribution in [0.2, 0.25) is 0 Å². The highest BCUT2D eigenvalue weighted by Crippen LogP contribution is 2.28. The van der Waals surface area contributed by atoms with E-state index in [4.69, 9.17) is 4.74 Å². The van der Waals surface area contributed by atoms with Gasteiger partial charge in [-0.05, 0) is 37.6 Å². The zero-order chi connectivity index (χ0) is 12.1. The molecule has 0 spiro atoms. The summed E-state index contributed by atoms with van der Waals surface area (Å²) in [6.45, 7) is 5.66. The molecule has 0 radical (unpaired) electrons. The van der Waals surface area contributed by atoms with Crippen molar-refractivity contribution in [3.8, 4) is 0 Å². The van der Waals surface area contributed by atoms with E-state index in [2.05, 4.69) is 17.6 Å². The van der Waals surface area contributed by atoms with Gasteiger partial charge in [-0.15, -0.1) is 0 Å². The molecule has 2 fully saturated rings. The van der Waals surface area contributed by atoms with Crippen LogP contribution in [-0.4, -0.2) is 38.3 Å². The Kier molecular flexibility index (Phi) is 4.40. The summed E-state index contributed by atoms with van der Waals surface area (Å²) in [7, 11) is 0. The third-order valence-corrected chi connectivity index (χ3v) is 4.02. The van der Waals surface area contributed by atoms with E-state index in [0.29, 0.717) is 0 Å². The van der Waals surface area contributed by atoms with Crippen LogP contribution >= 0.6 is 0 Å². The summed E-state index contributed by atoms with van der Waals surface area (Å²) in [6.07, 6.45) is 5.43. The van der Waals surface area contributed by atoms with E-state index in [1.165, 1.54) is 6.42 Å². The predicted molar refractivity (Wildman–Crippen MR) is 66.8 cm³/mol. The van der Waals surface area contributed by atoms with Crippen LogP contribution in [-0.2, 0) is 9.53 Å². The summed E-state index contributed by atoms with van der Waals surface area (Å²) in [4.78, 5) is 12.0. The number of piperidine rings is 1. The van der Waals surface area contributed by atoms with Gasteiger partial charge in [-0.25, -0.2) is 0 Å². The number of hydrogen-bond acceptors (Lipinski definition) is 3. The molecule has 1 atom stereocenters. The molecule has 0 unspecified atom stereocenters. The van der Waals surface area contributed by atoms with Crippen molar-refractivity contribution >= 4 is 5.91 Å². The molecule has 0 aromatic heterocycles. The fraction of sp³-hybridized carbons (Fsp3) is 0.923. The summed E-state index contributed by atoms with van der Waals surface area (Å²) >= 11 is 0. The molecule has 2 N–H and O–H groups in total. The number of carbonyl (C=O) groups is 1. The lowest BCUT2D eigenvalue weighted by molar-refractivity contribution is -0.124. The van der Waals surface area contributed by atoms with Crippen molar-refractivity contribution in [2.75, 3.05) is 26.3 Å². The summed E-state index contributed by atoms with van der Waals surface area (Å²) < 4.78 is 5.36. The van der Waals surface area contributed by atoms with Crippen LogP contribution in [0.25, 0.3) is 0 Å². The highest BCUT2D eigenvalue weighted by molar-refractivity contribution is 5.81. The Hall–Kier alpha value is -0.610. The average Bonchev–Trinajstić information content (AvgIpc) is 2.38. The van der Waals surface area contributed by atoms with Gasteiger partial charge in [-0.2, -0.15) is 0 Å². The van der Waals surface area contributed by atoms with Crippen molar-refractivity contribution < 1.29 is 9.53 Å². The molecule has 2 rings (SSSR count). The first-order chi connectivity index (χ1) is 8.20. The molecule has 2 saturated heterocycles. The molecule has 2 aliphatic heterocycles. The van der Waals surface area contributed by atoms with Gasteiger partial charge >= 0.3 is 0 Å². The first-order valence-corrected chi connectivity index (χ1v) is 6.78. The average molecular weight is 240 g/mol. The maximum absolute atomic E-state index is 12.0. The molecule has 0 aromatic carbocycles. The number of nitrogens with one attached hydrogen (secondary N) is 2. The second-order valence-corrected chi connectivity index (χ2v) is 5.64. The number of amides is 1. The highest BCUT2D eigenvalue weighted by Gasteiger charge is 2.29. The molecular formula is C13H24N2O2. The molecule has 4 nitrogen and oxygen atoms in total. The predicted octanol–water partition coefficient (Wildman–Crippen LogP) is 1.06. The summed E-state index contributed by atoms with van der Waals surface area (Å²) in [5.74, 6) is 0.178. The standard InChI is InChI=1S/C13H24N2O2/c1-13(5-8-17-9-6-13)10-15-12(16)11-4-2-3-7-14-11/h11,14H,2-10H2,1H3,(H,15,16)/t11-/m1/s1. The Labute approximate surface area is 103 Å². The van der Waals surface area contributed by atoms with Gasteiger partial charge in [0.1, 0.15) is 0 Å². The Morgan fingerprint density at radius 3 is 2.82 bits per heavy atom. The monoisotopic (exact) mass is 240 g/mol. The van der Waals surface area contributed by atoms with Crippen molar-refractivity contribution in [3.05, 3.63) is 0 Å². The van der Waals surface area contributed by atoms with Crippen LogP contribution in [0.5, 0.6) is 0 Å². The highest BCUT2D eigenvalue weighted by atomic mass is 16.5. The van der Waals surface area contributed by atoms with E-state index in [-0.39, 0.29) is 17.4 Å². The van der Waals surface area contributed by atoms with Gasteiger partial charge in [0.25, 0.3) is 0 Å². The second kappa shape index (κ2) is 5.83.